The third kappa shape index (κ3) is 4.03. The minimum Gasteiger partial charge on any atom is -0.507 e. The highest BCUT2D eigenvalue weighted by Gasteiger charge is 2.47. The number of benzene rings is 2. The highest BCUT2D eigenvalue weighted by atomic mass is 19.1. The second-order valence-electron chi connectivity index (χ2n) is 7.34. The number of rotatable bonds is 6. The monoisotopic (exact) mass is 448 g/mol. The van der Waals surface area contributed by atoms with E-state index >= 15 is 0 Å². The second kappa shape index (κ2) is 9.12. The van der Waals surface area contributed by atoms with E-state index in [1.807, 2.05) is 0 Å². The van der Waals surface area contributed by atoms with Crippen molar-refractivity contribution in [3.8, 4) is 11.5 Å². The van der Waals surface area contributed by atoms with Gasteiger partial charge in [0, 0.05) is 11.8 Å². The van der Waals surface area contributed by atoms with E-state index in [1.165, 1.54) is 37.4 Å². The molecule has 1 saturated heterocycles. The first-order chi connectivity index (χ1) is 16.0. The molecule has 1 atom stereocenters. The van der Waals surface area contributed by atoms with Crippen LogP contribution in [0.2, 0.25) is 0 Å². The number of carbonyl (C=O) groups excluding carboxylic acids is 2. The van der Waals surface area contributed by atoms with Crippen molar-refractivity contribution in [1.29, 1.82) is 0 Å². The van der Waals surface area contributed by atoms with E-state index in [1.54, 1.807) is 42.5 Å². The number of carbonyl (C=O) groups is 2. The molecular weight excluding hydrogens is 427 g/mol. The third-order valence-electron chi connectivity index (χ3n) is 5.46. The molecule has 0 radical (unpaired) electrons. The summed E-state index contributed by atoms with van der Waals surface area (Å²) < 4.78 is 24.6. The van der Waals surface area contributed by atoms with Gasteiger partial charge in [0.15, 0.2) is 0 Å². The molecule has 2 heterocycles. The number of ketones is 1. The van der Waals surface area contributed by atoms with E-state index in [9.17, 15) is 19.1 Å². The highest BCUT2D eigenvalue weighted by molar-refractivity contribution is 6.46. The first-order valence-corrected chi connectivity index (χ1v) is 10.1. The molecule has 0 saturated carbocycles. The number of hydrogen-bond acceptors (Lipinski definition) is 6. The van der Waals surface area contributed by atoms with Gasteiger partial charge in [0.05, 0.1) is 37.6 Å². The minimum atomic E-state index is -0.996. The van der Waals surface area contributed by atoms with Gasteiger partial charge >= 0.3 is 0 Å². The van der Waals surface area contributed by atoms with Crippen LogP contribution in [0.4, 0.5) is 4.39 Å². The molecule has 1 aliphatic rings. The maximum atomic E-state index is 14.0. The van der Waals surface area contributed by atoms with E-state index in [-0.39, 0.29) is 23.4 Å². The lowest BCUT2D eigenvalue weighted by Gasteiger charge is -2.25. The molecule has 3 aromatic rings. The zero-order valence-electron chi connectivity index (χ0n) is 18.0. The van der Waals surface area contributed by atoms with Crippen LogP contribution in [0.3, 0.4) is 0 Å². The molecule has 0 bridgehead atoms. The first-order valence-electron chi connectivity index (χ1n) is 10.1. The first kappa shape index (κ1) is 22.0. The van der Waals surface area contributed by atoms with E-state index in [4.69, 9.17) is 9.47 Å². The Labute approximate surface area is 189 Å². The van der Waals surface area contributed by atoms with Gasteiger partial charge in [-0.25, -0.2) is 4.39 Å². The van der Waals surface area contributed by atoms with Crippen molar-refractivity contribution < 1.29 is 28.6 Å². The Hall–Kier alpha value is -4.20. The summed E-state index contributed by atoms with van der Waals surface area (Å²) in [6.45, 7) is 0.0346. The maximum Gasteiger partial charge on any atom is 0.296 e. The number of aromatic nitrogens is 1. The van der Waals surface area contributed by atoms with Crippen LogP contribution < -0.4 is 9.47 Å². The average Bonchev–Trinajstić information content (AvgIpc) is 3.09. The fourth-order valence-electron chi connectivity index (χ4n) is 3.92. The summed E-state index contributed by atoms with van der Waals surface area (Å²) in [5.41, 5.74) is 0.820. The third-order valence-corrected chi connectivity index (χ3v) is 5.46. The van der Waals surface area contributed by atoms with Crippen molar-refractivity contribution in [2.24, 2.45) is 0 Å². The molecule has 33 heavy (non-hydrogen) atoms. The van der Waals surface area contributed by atoms with Gasteiger partial charge in [-0.15, -0.1) is 0 Å². The predicted octanol–water partition coefficient (Wildman–Crippen LogP) is 3.86. The molecule has 7 nitrogen and oxygen atoms in total. The molecule has 1 N–H and O–H groups in total. The number of hydrogen-bond donors (Lipinski definition) is 1. The Balaban J connectivity index is 1.90. The number of methoxy groups -OCH3 is 2. The van der Waals surface area contributed by atoms with Gasteiger partial charge in [0.1, 0.15) is 29.1 Å². The fraction of sp³-hybridized carbons (Fsp3) is 0.160. The zero-order valence-corrected chi connectivity index (χ0v) is 18.0. The number of halogens is 1. The van der Waals surface area contributed by atoms with E-state index in [0.717, 1.165) is 6.07 Å². The van der Waals surface area contributed by atoms with Gasteiger partial charge in [-0.05, 0) is 36.4 Å². The molecular formula is C25H21FN2O5. The van der Waals surface area contributed by atoms with Crippen LogP contribution in [0.1, 0.15) is 22.9 Å². The molecule has 1 aliphatic heterocycles. The quantitative estimate of drug-likeness (QED) is 0.350. The maximum absolute atomic E-state index is 14.0. The second-order valence-corrected chi connectivity index (χ2v) is 7.34. The van der Waals surface area contributed by atoms with Crippen LogP contribution in [-0.2, 0) is 16.1 Å². The van der Waals surface area contributed by atoms with Crippen molar-refractivity contribution in [3.05, 3.63) is 95.1 Å². The molecule has 8 heteroatoms. The number of likely N-dealkylation sites (tertiary alicyclic amines) is 1. The van der Waals surface area contributed by atoms with Gasteiger partial charge in [-0.2, -0.15) is 0 Å². The topological polar surface area (TPSA) is 89.0 Å². The van der Waals surface area contributed by atoms with Crippen molar-refractivity contribution >= 4 is 17.4 Å². The molecule has 1 fully saturated rings. The summed E-state index contributed by atoms with van der Waals surface area (Å²) in [5, 5.41) is 11.1. The molecule has 2 aromatic carbocycles. The zero-order chi connectivity index (χ0) is 23.5. The number of aliphatic hydroxyl groups excluding tert-OH is 1. The van der Waals surface area contributed by atoms with Gasteiger partial charge in [-0.1, -0.05) is 24.3 Å². The SMILES string of the molecule is COc1ccccc1CN1C(=O)C(=O)/C(=C(/O)c2cc(F)ccc2OC)C1c1ccccn1. The van der Waals surface area contributed by atoms with Crippen molar-refractivity contribution in [1.82, 2.24) is 9.88 Å². The van der Waals surface area contributed by atoms with E-state index < -0.39 is 29.3 Å². The molecule has 4 rings (SSSR count). The van der Waals surface area contributed by atoms with Crippen molar-refractivity contribution in [2.45, 2.75) is 12.6 Å². The molecule has 168 valence electrons. The van der Waals surface area contributed by atoms with Crippen LogP contribution in [0.25, 0.3) is 5.76 Å². The summed E-state index contributed by atoms with van der Waals surface area (Å²) in [6, 6.07) is 14.8. The van der Waals surface area contributed by atoms with E-state index in [2.05, 4.69) is 4.98 Å². The average molecular weight is 448 g/mol. The molecule has 1 amide bonds. The van der Waals surface area contributed by atoms with Crippen LogP contribution in [-0.4, -0.2) is 40.9 Å². The van der Waals surface area contributed by atoms with Crippen LogP contribution >= 0.6 is 0 Å². The van der Waals surface area contributed by atoms with Crippen LogP contribution in [0.15, 0.2) is 72.4 Å². The summed E-state index contributed by atoms with van der Waals surface area (Å²) in [6.07, 6.45) is 1.53. The highest BCUT2D eigenvalue weighted by Crippen LogP contribution is 2.41. The number of aliphatic hydroxyl groups is 1. The van der Waals surface area contributed by atoms with Gasteiger partial charge in [-0.3, -0.25) is 14.6 Å². The lowest BCUT2D eigenvalue weighted by Crippen LogP contribution is -2.29. The Morgan fingerprint density at radius 3 is 2.45 bits per heavy atom. The largest absolute Gasteiger partial charge is 0.507 e. The van der Waals surface area contributed by atoms with Crippen molar-refractivity contribution in [3.63, 3.8) is 0 Å². The minimum absolute atomic E-state index is 0.0336. The Bertz CT molecular complexity index is 1240. The van der Waals surface area contributed by atoms with Crippen LogP contribution in [0, 0.1) is 5.82 Å². The van der Waals surface area contributed by atoms with Gasteiger partial charge in [0.2, 0.25) is 0 Å². The predicted molar refractivity (Wildman–Crippen MR) is 118 cm³/mol. The normalized spacial score (nSPS) is 17.3. The Morgan fingerprint density at radius 2 is 1.76 bits per heavy atom. The summed E-state index contributed by atoms with van der Waals surface area (Å²) in [4.78, 5) is 31.9. The lowest BCUT2D eigenvalue weighted by atomic mass is 9.97. The lowest BCUT2D eigenvalue weighted by molar-refractivity contribution is -0.140. The van der Waals surface area contributed by atoms with Gasteiger partial charge < -0.3 is 19.5 Å². The smallest absolute Gasteiger partial charge is 0.296 e. The number of Topliss-reactive ketones (excluding diaryl/α,β-unsaturated/α-hetero) is 1. The number of nitrogens with zero attached hydrogens (tertiary/aromatic N) is 2. The van der Waals surface area contributed by atoms with Crippen molar-refractivity contribution in [2.75, 3.05) is 14.2 Å². The van der Waals surface area contributed by atoms with E-state index in [0.29, 0.717) is 17.0 Å². The molecule has 1 unspecified atom stereocenters. The molecule has 0 spiro atoms. The number of amides is 1. The number of ether oxygens (including phenoxy) is 2. The van der Waals surface area contributed by atoms with Crippen LogP contribution in [0.5, 0.6) is 11.5 Å². The number of pyridine rings is 1. The van der Waals surface area contributed by atoms with Gasteiger partial charge in [0.25, 0.3) is 11.7 Å². The summed E-state index contributed by atoms with van der Waals surface area (Å²) in [7, 11) is 2.87. The molecule has 1 aromatic heterocycles. The summed E-state index contributed by atoms with van der Waals surface area (Å²) in [5.74, 6) is -2.17. The Morgan fingerprint density at radius 1 is 1.03 bits per heavy atom. The number of para-hydroxylation sites is 1. The fourth-order valence-corrected chi connectivity index (χ4v) is 3.92. The summed E-state index contributed by atoms with van der Waals surface area (Å²) >= 11 is 0. The standard InChI is InChI=1S/C25H21FN2O5/c1-32-19-9-4-3-7-15(19)14-28-22(18-8-5-6-12-27-18)21(24(30)25(28)31)23(29)17-13-16(26)10-11-20(17)33-2/h3-13,22,29H,14H2,1-2H3/b23-21+. The molecule has 0 aliphatic carbocycles. The Kier molecular flexibility index (Phi) is 6.08.